The highest BCUT2D eigenvalue weighted by atomic mass is 19.1. The van der Waals surface area contributed by atoms with Crippen LogP contribution in [0.2, 0.25) is 0 Å². The summed E-state index contributed by atoms with van der Waals surface area (Å²) in [5.74, 6) is -0.520. The van der Waals surface area contributed by atoms with Gasteiger partial charge in [-0.1, -0.05) is 5.46 Å². The molecule has 11 heavy (non-hydrogen) atoms. The minimum Gasteiger partial charge on any atom is -0.476 e. The first kappa shape index (κ1) is 8.05. The van der Waals surface area contributed by atoms with Gasteiger partial charge in [0.1, 0.15) is 7.85 Å². The van der Waals surface area contributed by atoms with Crippen molar-refractivity contribution in [3.05, 3.63) is 18.1 Å². The number of ether oxygens (including phenoxy) is 1. The Hall–Kier alpha value is -1.06. The van der Waals surface area contributed by atoms with Gasteiger partial charge in [-0.15, -0.1) is 0 Å². The number of aromatic nitrogens is 1. The number of hydrogen-bond acceptors (Lipinski definition) is 2. The SMILES string of the molecule is [B]c1cnc(OCC)c(F)c1. The van der Waals surface area contributed by atoms with Crippen molar-refractivity contribution in [3.63, 3.8) is 0 Å². The number of rotatable bonds is 2. The third kappa shape index (κ3) is 1.93. The molecule has 0 spiro atoms. The lowest BCUT2D eigenvalue weighted by Crippen LogP contribution is -2.07. The Bertz CT molecular complexity index is 254. The molecule has 0 unspecified atom stereocenters. The molecule has 0 amide bonds. The first-order chi connectivity index (χ1) is 5.24. The maximum atomic E-state index is 12.8. The van der Waals surface area contributed by atoms with E-state index < -0.39 is 5.82 Å². The Morgan fingerprint density at radius 1 is 1.73 bits per heavy atom. The van der Waals surface area contributed by atoms with Gasteiger partial charge >= 0.3 is 0 Å². The van der Waals surface area contributed by atoms with Crippen LogP contribution in [0.5, 0.6) is 5.88 Å². The molecule has 0 atom stereocenters. The summed E-state index contributed by atoms with van der Waals surface area (Å²) in [6.07, 6.45) is 1.36. The molecule has 0 N–H and O–H groups in total. The van der Waals surface area contributed by atoms with E-state index >= 15 is 0 Å². The second-order valence-electron chi connectivity index (χ2n) is 1.99. The van der Waals surface area contributed by atoms with Gasteiger partial charge in [0.25, 0.3) is 0 Å². The molecular formula is C7H7BFNO. The molecule has 2 radical (unpaired) electrons. The van der Waals surface area contributed by atoms with E-state index in [-0.39, 0.29) is 5.88 Å². The maximum absolute atomic E-state index is 12.8. The Morgan fingerprint density at radius 2 is 2.45 bits per heavy atom. The van der Waals surface area contributed by atoms with Crippen molar-refractivity contribution in [3.8, 4) is 5.88 Å². The zero-order chi connectivity index (χ0) is 8.27. The van der Waals surface area contributed by atoms with Gasteiger partial charge in [-0.3, -0.25) is 0 Å². The van der Waals surface area contributed by atoms with Crippen molar-refractivity contribution < 1.29 is 9.13 Å². The fourth-order valence-electron chi connectivity index (χ4n) is 0.683. The third-order valence-electron chi connectivity index (χ3n) is 1.11. The molecule has 1 heterocycles. The minimum atomic E-state index is -0.521. The van der Waals surface area contributed by atoms with Crippen molar-refractivity contribution in [1.82, 2.24) is 4.98 Å². The van der Waals surface area contributed by atoms with E-state index in [1.165, 1.54) is 12.3 Å². The van der Waals surface area contributed by atoms with Gasteiger partial charge in [0.05, 0.1) is 6.61 Å². The lowest BCUT2D eigenvalue weighted by atomic mass is 9.99. The van der Waals surface area contributed by atoms with E-state index in [0.29, 0.717) is 12.1 Å². The molecule has 2 nitrogen and oxygen atoms in total. The minimum absolute atomic E-state index is 0.00157. The van der Waals surface area contributed by atoms with Crippen molar-refractivity contribution in [2.75, 3.05) is 6.61 Å². The molecule has 1 aromatic heterocycles. The van der Waals surface area contributed by atoms with Crippen LogP contribution in [-0.2, 0) is 0 Å². The zero-order valence-corrected chi connectivity index (χ0v) is 6.17. The summed E-state index contributed by atoms with van der Waals surface area (Å²) in [5.41, 5.74) is 0.297. The van der Waals surface area contributed by atoms with Crippen LogP contribution in [0, 0.1) is 5.82 Å². The van der Waals surface area contributed by atoms with Crippen LogP contribution in [-0.4, -0.2) is 19.4 Å². The smallest absolute Gasteiger partial charge is 0.250 e. The van der Waals surface area contributed by atoms with Gasteiger partial charge in [-0.05, 0) is 13.0 Å². The molecule has 1 rings (SSSR count). The Labute approximate surface area is 65.8 Å². The average Bonchev–Trinajstić information content (AvgIpc) is 1.95. The van der Waals surface area contributed by atoms with Crippen molar-refractivity contribution in [1.29, 1.82) is 0 Å². The summed E-state index contributed by atoms with van der Waals surface area (Å²) in [4.78, 5) is 3.65. The highest BCUT2D eigenvalue weighted by Crippen LogP contribution is 2.09. The lowest BCUT2D eigenvalue weighted by molar-refractivity contribution is 0.307. The summed E-state index contributed by atoms with van der Waals surface area (Å²) in [6, 6.07) is 1.18. The molecule has 0 fully saturated rings. The summed E-state index contributed by atoms with van der Waals surface area (Å²) < 4.78 is 17.6. The Balaban J connectivity index is 2.90. The van der Waals surface area contributed by atoms with Gasteiger partial charge < -0.3 is 4.74 Å². The molecule has 0 saturated carbocycles. The quantitative estimate of drug-likeness (QED) is 0.571. The monoisotopic (exact) mass is 151 g/mol. The van der Waals surface area contributed by atoms with Gasteiger partial charge in [-0.25, -0.2) is 9.37 Å². The fourth-order valence-corrected chi connectivity index (χ4v) is 0.683. The molecule has 56 valence electrons. The van der Waals surface area contributed by atoms with E-state index in [0.717, 1.165) is 0 Å². The molecule has 4 heteroatoms. The van der Waals surface area contributed by atoms with Gasteiger partial charge in [0, 0.05) is 6.20 Å². The van der Waals surface area contributed by atoms with Crippen LogP contribution in [0.25, 0.3) is 0 Å². The van der Waals surface area contributed by atoms with Gasteiger partial charge in [0.15, 0.2) is 5.82 Å². The van der Waals surface area contributed by atoms with Crippen LogP contribution < -0.4 is 10.2 Å². The summed E-state index contributed by atoms with van der Waals surface area (Å²) in [7, 11) is 5.27. The van der Waals surface area contributed by atoms with Crippen LogP contribution in [0.4, 0.5) is 4.39 Å². The molecule has 0 aliphatic heterocycles. The molecule has 0 aliphatic rings. The van der Waals surface area contributed by atoms with Gasteiger partial charge in [0.2, 0.25) is 5.88 Å². The van der Waals surface area contributed by atoms with Crippen molar-refractivity contribution in [2.45, 2.75) is 6.92 Å². The van der Waals surface area contributed by atoms with Gasteiger partial charge in [-0.2, -0.15) is 0 Å². The fraction of sp³-hybridized carbons (Fsp3) is 0.286. The molecule has 0 aromatic carbocycles. The number of halogens is 1. The topological polar surface area (TPSA) is 22.1 Å². The third-order valence-corrected chi connectivity index (χ3v) is 1.11. The van der Waals surface area contributed by atoms with E-state index in [9.17, 15) is 4.39 Å². The van der Waals surface area contributed by atoms with E-state index in [1.54, 1.807) is 6.92 Å². The average molecular weight is 151 g/mol. The Kier molecular flexibility index (Phi) is 2.46. The van der Waals surface area contributed by atoms with E-state index in [4.69, 9.17) is 12.6 Å². The standard InChI is InChI=1S/C7H7BFNO/c1-2-11-7-6(9)3-5(8)4-10-7/h3-4H,2H2,1H3. The molecule has 0 aliphatic carbocycles. The normalized spacial score (nSPS) is 9.64. The number of hydrogen-bond donors (Lipinski definition) is 0. The van der Waals surface area contributed by atoms with Crippen molar-refractivity contribution >= 4 is 13.3 Å². The molecule has 0 saturated heterocycles. The van der Waals surface area contributed by atoms with Crippen LogP contribution in [0.15, 0.2) is 12.3 Å². The number of pyridine rings is 1. The first-order valence-electron chi connectivity index (χ1n) is 3.28. The molecule has 1 aromatic rings. The van der Waals surface area contributed by atoms with Crippen LogP contribution in [0.3, 0.4) is 0 Å². The summed E-state index contributed by atoms with van der Waals surface area (Å²) in [5, 5.41) is 0. The first-order valence-corrected chi connectivity index (χ1v) is 3.28. The maximum Gasteiger partial charge on any atom is 0.250 e. The second-order valence-corrected chi connectivity index (χ2v) is 1.99. The largest absolute Gasteiger partial charge is 0.476 e. The predicted octanol–water partition coefficient (Wildman–Crippen LogP) is 0.413. The van der Waals surface area contributed by atoms with Crippen LogP contribution >= 0.6 is 0 Å². The Morgan fingerprint density at radius 3 is 3.00 bits per heavy atom. The van der Waals surface area contributed by atoms with Crippen LogP contribution in [0.1, 0.15) is 6.92 Å². The van der Waals surface area contributed by atoms with Crippen molar-refractivity contribution in [2.24, 2.45) is 0 Å². The highest BCUT2D eigenvalue weighted by molar-refractivity contribution is 6.32. The van der Waals surface area contributed by atoms with E-state index in [2.05, 4.69) is 4.98 Å². The highest BCUT2D eigenvalue weighted by Gasteiger charge is 2.02. The van der Waals surface area contributed by atoms with E-state index in [1.807, 2.05) is 0 Å². The molecule has 0 bridgehead atoms. The summed E-state index contributed by atoms with van der Waals surface area (Å²) in [6.45, 7) is 2.16. The second kappa shape index (κ2) is 3.37. The number of nitrogens with zero attached hydrogens (tertiary/aromatic N) is 1. The zero-order valence-electron chi connectivity index (χ0n) is 6.17. The lowest BCUT2D eigenvalue weighted by Gasteiger charge is -2.02. The summed E-state index contributed by atoms with van der Waals surface area (Å²) >= 11 is 0. The predicted molar refractivity (Wildman–Crippen MR) is 40.8 cm³/mol. The molecular weight excluding hydrogens is 144 g/mol.